The summed E-state index contributed by atoms with van der Waals surface area (Å²) in [6.45, 7) is 4.71. The highest BCUT2D eigenvalue weighted by Crippen LogP contribution is 2.33. The Balaban J connectivity index is 1.60. The van der Waals surface area contributed by atoms with Gasteiger partial charge in [0.15, 0.2) is 0 Å². The molecule has 1 aliphatic heterocycles. The zero-order valence-corrected chi connectivity index (χ0v) is 15.0. The molecule has 1 saturated heterocycles. The average Bonchev–Trinajstić information content (AvgIpc) is 3.31. The second kappa shape index (κ2) is 6.75. The van der Waals surface area contributed by atoms with Crippen LogP contribution in [0.1, 0.15) is 46.3 Å². The minimum Gasteiger partial charge on any atom is -0.337 e. The van der Waals surface area contributed by atoms with E-state index in [9.17, 15) is 4.79 Å². The molecule has 3 aromatic rings. The second-order valence-electron chi connectivity index (χ2n) is 6.79. The molecule has 0 aliphatic carbocycles. The molecule has 26 heavy (non-hydrogen) atoms. The van der Waals surface area contributed by atoms with Gasteiger partial charge in [0.25, 0.3) is 5.91 Å². The van der Waals surface area contributed by atoms with Crippen LogP contribution in [0.4, 0.5) is 0 Å². The number of benzene rings is 2. The number of carbonyl (C=O) groups excluding carboxylic acids is 1. The van der Waals surface area contributed by atoms with E-state index >= 15 is 0 Å². The molecular formula is C21H21N3O2. The highest BCUT2D eigenvalue weighted by atomic mass is 16.5. The molecule has 5 heteroatoms. The summed E-state index contributed by atoms with van der Waals surface area (Å²) in [4.78, 5) is 19.4. The van der Waals surface area contributed by atoms with Crippen LogP contribution in [0.15, 0.2) is 53.1 Å². The molecule has 1 aromatic heterocycles. The minimum atomic E-state index is -0.159. The fraction of sp³-hybridized carbons (Fsp3) is 0.286. The number of likely N-dealkylation sites (tertiary alicyclic amines) is 1. The summed E-state index contributed by atoms with van der Waals surface area (Å²) < 4.78 is 5.52. The minimum absolute atomic E-state index is 0.0284. The Hall–Kier alpha value is -2.95. The van der Waals surface area contributed by atoms with Crippen molar-refractivity contribution < 1.29 is 9.32 Å². The summed E-state index contributed by atoms with van der Waals surface area (Å²) in [6, 6.07) is 15.5. The van der Waals surface area contributed by atoms with Crippen LogP contribution in [0.3, 0.4) is 0 Å². The van der Waals surface area contributed by atoms with Crippen molar-refractivity contribution in [3.05, 3.63) is 71.1 Å². The molecule has 0 N–H and O–H groups in total. The highest BCUT2D eigenvalue weighted by Gasteiger charge is 2.35. The summed E-state index contributed by atoms with van der Waals surface area (Å²) in [5, 5.41) is 4.12. The Morgan fingerprint density at radius 2 is 1.88 bits per heavy atom. The van der Waals surface area contributed by atoms with Crippen molar-refractivity contribution in [2.75, 3.05) is 6.54 Å². The lowest BCUT2D eigenvalue weighted by Crippen LogP contribution is -2.31. The van der Waals surface area contributed by atoms with E-state index in [-0.39, 0.29) is 11.9 Å². The fourth-order valence-electron chi connectivity index (χ4n) is 3.42. The maximum absolute atomic E-state index is 13.0. The Morgan fingerprint density at radius 1 is 1.12 bits per heavy atom. The number of rotatable bonds is 3. The van der Waals surface area contributed by atoms with Crippen LogP contribution < -0.4 is 0 Å². The van der Waals surface area contributed by atoms with Gasteiger partial charge in [0, 0.05) is 17.7 Å². The van der Waals surface area contributed by atoms with Gasteiger partial charge in [0.05, 0.1) is 0 Å². The summed E-state index contributed by atoms with van der Waals surface area (Å²) in [5.74, 6) is 1.11. The Labute approximate surface area is 152 Å². The molecule has 0 unspecified atom stereocenters. The van der Waals surface area contributed by atoms with Crippen LogP contribution in [0.2, 0.25) is 0 Å². The molecule has 1 aliphatic rings. The van der Waals surface area contributed by atoms with E-state index in [0.29, 0.717) is 18.3 Å². The first kappa shape index (κ1) is 16.5. The van der Waals surface area contributed by atoms with Crippen molar-refractivity contribution in [3.63, 3.8) is 0 Å². The van der Waals surface area contributed by atoms with Gasteiger partial charge >= 0.3 is 0 Å². The first-order valence-corrected chi connectivity index (χ1v) is 8.91. The molecule has 1 fully saturated rings. The van der Waals surface area contributed by atoms with E-state index in [2.05, 4.69) is 10.1 Å². The van der Waals surface area contributed by atoms with Crippen molar-refractivity contribution in [1.82, 2.24) is 15.0 Å². The van der Waals surface area contributed by atoms with E-state index in [4.69, 9.17) is 4.52 Å². The number of nitrogens with zero attached hydrogens (tertiary/aromatic N) is 3. The van der Waals surface area contributed by atoms with Crippen LogP contribution in [-0.2, 0) is 0 Å². The van der Waals surface area contributed by atoms with Gasteiger partial charge in [0.2, 0.25) is 11.7 Å². The molecule has 1 amide bonds. The molecule has 0 bridgehead atoms. The van der Waals surface area contributed by atoms with Gasteiger partial charge in [0.1, 0.15) is 6.04 Å². The molecule has 5 nitrogen and oxygen atoms in total. The smallest absolute Gasteiger partial charge is 0.254 e. The first-order chi connectivity index (χ1) is 12.6. The standard InChI is InChI=1S/C21H21N3O2/c1-14-9-11-16(12-10-14)19-22-20(26-23-19)18-8-5-13-24(18)21(25)17-7-4-3-6-15(17)2/h3-4,6-7,9-12,18H,5,8,13H2,1-2H3/t18-/m0/s1. The number of amides is 1. The third kappa shape index (κ3) is 3.01. The molecular weight excluding hydrogens is 326 g/mol. The zero-order chi connectivity index (χ0) is 18.1. The normalized spacial score (nSPS) is 16.8. The summed E-state index contributed by atoms with van der Waals surface area (Å²) in [7, 11) is 0. The molecule has 2 aromatic carbocycles. The van der Waals surface area contributed by atoms with Gasteiger partial charge < -0.3 is 9.42 Å². The van der Waals surface area contributed by atoms with Gasteiger partial charge in [-0.3, -0.25) is 4.79 Å². The lowest BCUT2D eigenvalue weighted by Gasteiger charge is -2.22. The topological polar surface area (TPSA) is 59.2 Å². The van der Waals surface area contributed by atoms with E-state index in [1.807, 2.05) is 67.3 Å². The fourth-order valence-corrected chi connectivity index (χ4v) is 3.42. The summed E-state index contributed by atoms with van der Waals surface area (Å²) in [5.41, 5.74) is 3.82. The maximum Gasteiger partial charge on any atom is 0.254 e. The largest absolute Gasteiger partial charge is 0.337 e. The van der Waals surface area contributed by atoms with E-state index in [0.717, 1.165) is 29.5 Å². The number of hydrogen-bond acceptors (Lipinski definition) is 4. The molecule has 0 saturated carbocycles. The van der Waals surface area contributed by atoms with Crippen molar-refractivity contribution >= 4 is 5.91 Å². The van der Waals surface area contributed by atoms with Crippen LogP contribution in [0.5, 0.6) is 0 Å². The highest BCUT2D eigenvalue weighted by molar-refractivity contribution is 5.96. The second-order valence-corrected chi connectivity index (χ2v) is 6.79. The van der Waals surface area contributed by atoms with Crippen LogP contribution >= 0.6 is 0 Å². The Morgan fingerprint density at radius 3 is 2.65 bits per heavy atom. The summed E-state index contributed by atoms with van der Waals surface area (Å²) >= 11 is 0. The number of aryl methyl sites for hydroxylation is 2. The molecule has 4 rings (SSSR count). The lowest BCUT2D eigenvalue weighted by atomic mass is 10.1. The van der Waals surface area contributed by atoms with E-state index < -0.39 is 0 Å². The average molecular weight is 347 g/mol. The van der Waals surface area contributed by atoms with E-state index in [1.54, 1.807) is 0 Å². The molecule has 0 spiro atoms. The van der Waals surface area contributed by atoms with Crippen molar-refractivity contribution in [2.45, 2.75) is 32.7 Å². The molecule has 1 atom stereocenters. The van der Waals surface area contributed by atoms with Crippen molar-refractivity contribution in [2.24, 2.45) is 0 Å². The van der Waals surface area contributed by atoms with Gasteiger partial charge in [-0.15, -0.1) is 0 Å². The third-order valence-electron chi connectivity index (χ3n) is 4.93. The maximum atomic E-state index is 13.0. The molecule has 0 radical (unpaired) electrons. The Bertz CT molecular complexity index is 930. The number of aromatic nitrogens is 2. The monoisotopic (exact) mass is 347 g/mol. The van der Waals surface area contributed by atoms with Crippen LogP contribution in [-0.4, -0.2) is 27.5 Å². The predicted molar refractivity (Wildman–Crippen MR) is 98.7 cm³/mol. The van der Waals surface area contributed by atoms with Crippen molar-refractivity contribution in [3.8, 4) is 11.4 Å². The van der Waals surface area contributed by atoms with Gasteiger partial charge in [-0.1, -0.05) is 53.2 Å². The van der Waals surface area contributed by atoms with Crippen LogP contribution in [0, 0.1) is 13.8 Å². The van der Waals surface area contributed by atoms with Gasteiger partial charge in [-0.2, -0.15) is 4.98 Å². The first-order valence-electron chi connectivity index (χ1n) is 8.91. The number of hydrogen-bond donors (Lipinski definition) is 0. The van der Waals surface area contributed by atoms with Gasteiger partial charge in [-0.05, 0) is 38.3 Å². The zero-order valence-electron chi connectivity index (χ0n) is 15.0. The predicted octanol–water partition coefficient (Wildman–Crippen LogP) is 4.33. The van der Waals surface area contributed by atoms with Crippen molar-refractivity contribution in [1.29, 1.82) is 0 Å². The number of carbonyl (C=O) groups is 1. The van der Waals surface area contributed by atoms with Crippen LogP contribution in [0.25, 0.3) is 11.4 Å². The molecule has 2 heterocycles. The summed E-state index contributed by atoms with van der Waals surface area (Å²) in [6.07, 6.45) is 1.78. The third-order valence-corrected chi connectivity index (χ3v) is 4.93. The van der Waals surface area contributed by atoms with Gasteiger partial charge in [-0.25, -0.2) is 0 Å². The quantitative estimate of drug-likeness (QED) is 0.707. The SMILES string of the molecule is Cc1ccc(-c2noc([C@@H]3CCCN3C(=O)c3ccccc3C)n2)cc1. The van der Waals surface area contributed by atoms with E-state index in [1.165, 1.54) is 5.56 Å². The Kier molecular flexibility index (Phi) is 4.29. The molecule has 132 valence electrons. The lowest BCUT2D eigenvalue weighted by molar-refractivity contribution is 0.0709.